The van der Waals surface area contributed by atoms with Gasteiger partial charge in [0.15, 0.2) is 0 Å². The Kier molecular flexibility index (Phi) is 10.2. The van der Waals surface area contributed by atoms with Gasteiger partial charge in [0, 0.05) is 10.3 Å². The molecule has 0 saturated carbocycles. The van der Waals surface area contributed by atoms with Crippen molar-refractivity contribution in [2.45, 2.75) is 70.1 Å². The zero-order valence-electron chi connectivity index (χ0n) is 13.0. The first-order valence-corrected chi connectivity index (χ1v) is 8.89. The lowest BCUT2D eigenvalue weighted by molar-refractivity contribution is 0.660. The molecule has 0 amide bonds. The molecule has 110 valence electrons. The predicted octanol–water partition coefficient (Wildman–Crippen LogP) is 6.98. The van der Waals surface area contributed by atoms with E-state index in [2.05, 4.69) is 55.3 Å². The van der Waals surface area contributed by atoms with Crippen molar-refractivity contribution in [1.29, 1.82) is 0 Å². The minimum absolute atomic E-state index is 1.23. The van der Waals surface area contributed by atoms with Crippen LogP contribution in [0.2, 0.25) is 0 Å². The van der Waals surface area contributed by atoms with Crippen LogP contribution in [0.4, 0.5) is 0 Å². The minimum atomic E-state index is 1.23. The van der Waals surface area contributed by atoms with E-state index < -0.39 is 0 Å². The van der Waals surface area contributed by atoms with E-state index in [-0.39, 0.29) is 0 Å². The molecule has 0 aromatic heterocycles. The van der Waals surface area contributed by atoms with Crippen molar-refractivity contribution in [3.8, 4) is 0 Å². The molecule has 0 saturated heterocycles. The molecule has 1 rings (SSSR count). The monoisotopic (exact) mass is 288 g/mol. The van der Waals surface area contributed by atoms with E-state index in [1.165, 1.54) is 61.8 Å². The van der Waals surface area contributed by atoms with Crippen LogP contribution in [-0.4, -0.2) is 0 Å². The van der Waals surface area contributed by atoms with Gasteiger partial charge in [-0.05, 0) is 43.4 Å². The Labute approximate surface area is 129 Å². The molecule has 20 heavy (non-hydrogen) atoms. The number of allylic oxidation sites excluding steroid dienone is 1. The number of benzene rings is 1. The Hall–Kier alpha value is -0.910. The molecule has 0 spiro atoms. The Balaban J connectivity index is 2.52. The Morgan fingerprint density at radius 2 is 1.55 bits per heavy atom. The molecule has 1 aromatic carbocycles. The quantitative estimate of drug-likeness (QED) is 0.254. The largest absolute Gasteiger partial charge is 0.114 e. The summed E-state index contributed by atoms with van der Waals surface area (Å²) in [5.41, 5.74) is 5.05. The molecule has 0 aliphatic rings. The van der Waals surface area contributed by atoms with E-state index in [0.717, 1.165) is 0 Å². The Bertz CT molecular complexity index is 387. The summed E-state index contributed by atoms with van der Waals surface area (Å²) in [7, 11) is 0. The predicted molar refractivity (Wildman–Crippen MR) is 92.2 cm³/mol. The Morgan fingerprint density at radius 3 is 2.10 bits per heavy atom. The first kappa shape index (κ1) is 17.1. The van der Waals surface area contributed by atoms with Crippen LogP contribution in [0.3, 0.4) is 0 Å². The second-order valence-electron chi connectivity index (χ2n) is 5.21. The number of rotatable bonds is 10. The topological polar surface area (TPSA) is 0 Å². The van der Waals surface area contributed by atoms with Gasteiger partial charge in [-0.25, -0.2) is 0 Å². The van der Waals surface area contributed by atoms with E-state index in [1.54, 1.807) is 11.8 Å². The van der Waals surface area contributed by atoms with Gasteiger partial charge in [-0.15, -0.1) is 5.73 Å². The van der Waals surface area contributed by atoms with Crippen molar-refractivity contribution in [2.75, 3.05) is 0 Å². The number of unbranched alkanes of at least 4 members (excludes halogenated alkanes) is 4. The van der Waals surface area contributed by atoms with Crippen LogP contribution in [0.5, 0.6) is 0 Å². The molecular formula is C19H28S. The molecule has 0 unspecified atom stereocenters. The van der Waals surface area contributed by atoms with Crippen LogP contribution >= 0.6 is 11.8 Å². The molecule has 0 aliphatic carbocycles. The van der Waals surface area contributed by atoms with Gasteiger partial charge in [0.05, 0.1) is 0 Å². The average molecular weight is 289 g/mol. The van der Waals surface area contributed by atoms with Gasteiger partial charge in [-0.3, -0.25) is 0 Å². The van der Waals surface area contributed by atoms with Crippen LogP contribution in [0.15, 0.2) is 51.9 Å². The highest BCUT2D eigenvalue weighted by Gasteiger charge is 1.97. The van der Waals surface area contributed by atoms with Crippen LogP contribution in [-0.2, 0) is 0 Å². The smallest absolute Gasteiger partial charge is 0.0178 e. The fourth-order valence-corrected chi connectivity index (χ4v) is 2.80. The number of thioether (sulfide) groups is 1. The van der Waals surface area contributed by atoms with Gasteiger partial charge in [0.2, 0.25) is 0 Å². The van der Waals surface area contributed by atoms with Crippen molar-refractivity contribution < 1.29 is 0 Å². The maximum Gasteiger partial charge on any atom is 0.0178 e. The summed E-state index contributed by atoms with van der Waals surface area (Å²) in [6.45, 7) is 4.53. The molecule has 0 bridgehead atoms. The normalized spacial score (nSPS) is 10.1. The molecule has 0 radical (unpaired) electrons. The second-order valence-corrected chi connectivity index (χ2v) is 6.15. The molecule has 0 fully saturated rings. The molecule has 0 atom stereocenters. The summed E-state index contributed by atoms with van der Waals surface area (Å²) in [6, 6.07) is 10.5. The van der Waals surface area contributed by atoms with E-state index in [0.29, 0.717) is 0 Å². The summed E-state index contributed by atoms with van der Waals surface area (Å²) in [6.07, 6.45) is 10.3. The first-order valence-electron chi connectivity index (χ1n) is 8.01. The third-order valence-electron chi connectivity index (χ3n) is 3.37. The minimum Gasteiger partial charge on any atom is -0.114 e. The van der Waals surface area contributed by atoms with Gasteiger partial charge in [0.1, 0.15) is 0 Å². The van der Waals surface area contributed by atoms with Crippen molar-refractivity contribution in [3.05, 3.63) is 47.0 Å². The zero-order valence-corrected chi connectivity index (χ0v) is 13.8. The zero-order chi connectivity index (χ0) is 14.5. The number of hydrogen-bond acceptors (Lipinski definition) is 1. The Morgan fingerprint density at radius 1 is 0.950 bits per heavy atom. The van der Waals surface area contributed by atoms with Crippen molar-refractivity contribution in [1.82, 2.24) is 0 Å². The molecular weight excluding hydrogens is 260 g/mol. The molecule has 1 heteroatoms. The third kappa shape index (κ3) is 8.30. The van der Waals surface area contributed by atoms with Gasteiger partial charge >= 0.3 is 0 Å². The van der Waals surface area contributed by atoms with Gasteiger partial charge < -0.3 is 0 Å². The molecule has 0 nitrogen and oxygen atoms in total. The SMILES string of the molecule is CCCCCC(=C=CSc1ccccc1)CCCCC. The van der Waals surface area contributed by atoms with E-state index in [9.17, 15) is 0 Å². The highest BCUT2D eigenvalue weighted by molar-refractivity contribution is 8.02. The lowest BCUT2D eigenvalue weighted by atomic mass is 10.0. The maximum atomic E-state index is 3.54. The summed E-state index contributed by atoms with van der Waals surface area (Å²) >= 11 is 1.77. The number of hydrogen-bond donors (Lipinski definition) is 0. The second kappa shape index (κ2) is 11.9. The highest BCUT2D eigenvalue weighted by Crippen LogP contribution is 2.20. The van der Waals surface area contributed by atoms with Crippen LogP contribution in [0.25, 0.3) is 0 Å². The van der Waals surface area contributed by atoms with Crippen molar-refractivity contribution >= 4 is 11.8 Å². The van der Waals surface area contributed by atoms with E-state index in [1.807, 2.05) is 0 Å². The van der Waals surface area contributed by atoms with Gasteiger partial charge in [-0.1, -0.05) is 69.5 Å². The van der Waals surface area contributed by atoms with Crippen molar-refractivity contribution in [2.24, 2.45) is 0 Å². The highest BCUT2D eigenvalue weighted by atomic mass is 32.2. The summed E-state index contributed by atoms with van der Waals surface area (Å²) in [5.74, 6) is 0. The van der Waals surface area contributed by atoms with Gasteiger partial charge in [0.25, 0.3) is 0 Å². The summed E-state index contributed by atoms with van der Waals surface area (Å²) < 4.78 is 0. The maximum absolute atomic E-state index is 3.54. The summed E-state index contributed by atoms with van der Waals surface area (Å²) in [4.78, 5) is 1.29. The standard InChI is InChI=1S/C19H28S/c1-3-5-8-12-18(13-9-6-4-2)16-17-20-19-14-10-7-11-15-19/h7,10-11,14-15,17H,3-6,8-9,12-13H2,1-2H3. The van der Waals surface area contributed by atoms with Gasteiger partial charge in [-0.2, -0.15) is 0 Å². The van der Waals surface area contributed by atoms with Crippen molar-refractivity contribution in [3.63, 3.8) is 0 Å². The van der Waals surface area contributed by atoms with E-state index in [4.69, 9.17) is 0 Å². The lowest BCUT2D eigenvalue weighted by Crippen LogP contribution is -1.85. The molecule has 0 heterocycles. The van der Waals surface area contributed by atoms with E-state index >= 15 is 0 Å². The van der Waals surface area contributed by atoms with Crippen LogP contribution < -0.4 is 0 Å². The lowest BCUT2D eigenvalue weighted by Gasteiger charge is -2.04. The fourth-order valence-electron chi connectivity index (χ4n) is 2.13. The average Bonchev–Trinajstić information content (AvgIpc) is 2.48. The molecule has 0 aliphatic heterocycles. The molecule has 0 N–H and O–H groups in total. The fraction of sp³-hybridized carbons (Fsp3) is 0.526. The third-order valence-corrected chi connectivity index (χ3v) is 4.15. The first-order chi connectivity index (χ1) is 9.86. The van der Waals surface area contributed by atoms with Crippen LogP contribution in [0.1, 0.15) is 65.2 Å². The molecule has 1 aromatic rings. The van der Waals surface area contributed by atoms with Crippen LogP contribution in [0, 0.1) is 0 Å². The summed E-state index contributed by atoms with van der Waals surface area (Å²) in [5, 5.41) is 2.14.